The van der Waals surface area contributed by atoms with Gasteiger partial charge < -0.3 is 10.1 Å². The molecule has 1 amide bonds. The van der Waals surface area contributed by atoms with Crippen LogP contribution in [0.4, 0.5) is 4.39 Å². The summed E-state index contributed by atoms with van der Waals surface area (Å²) in [4.78, 5) is 14.3. The van der Waals surface area contributed by atoms with Crippen LogP contribution in [-0.2, 0) is 4.79 Å². The summed E-state index contributed by atoms with van der Waals surface area (Å²) in [5.41, 5.74) is 0.398. The molecule has 0 saturated carbocycles. The predicted octanol–water partition coefficient (Wildman–Crippen LogP) is 1.11. The van der Waals surface area contributed by atoms with E-state index < -0.39 is 5.82 Å². The first-order chi connectivity index (χ1) is 8.13. The Bertz CT molecular complexity index is 463. The molecule has 4 nitrogen and oxygen atoms in total. The van der Waals surface area contributed by atoms with Gasteiger partial charge >= 0.3 is 0 Å². The Balaban J connectivity index is 2.64. The van der Waals surface area contributed by atoms with Gasteiger partial charge in [0.15, 0.2) is 0 Å². The number of hydrogen-bond donors (Lipinski definition) is 1. The van der Waals surface area contributed by atoms with Crippen LogP contribution < -0.4 is 10.1 Å². The monoisotopic (exact) mass is 236 g/mol. The number of carbonyl (C=O) groups excluding carboxylic acids is 1. The second kappa shape index (κ2) is 6.48. The third kappa shape index (κ3) is 4.51. The number of amides is 1. The first kappa shape index (κ1) is 13.0. The molecule has 1 aromatic rings. The number of carbonyl (C=O) groups is 1. The van der Waals surface area contributed by atoms with E-state index in [1.54, 1.807) is 0 Å². The first-order valence-corrected chi connectivity index (χ1v) is 5.06. The molecule has 90 valence electrons. The molecule has 1 N–H and O–H groups in total. The maximum atomic E-state index is 12.9. The summed E-state index contributed by atoms with van der Waals surface area (Å²) in [6.45, 7) is 1.90. The van der Waals surface area contributed by atoms with Crippen molar-refractivity contribution >= 4 is 5.91 Å². The summed E-state index contributed by atoms with van der Waals surface area (Å²) in [5.74, 6) is 5.29. The molecular weight excluding hydrogens is 223 g/mol. The molecule has 1 heterocycles. The van der Waals surface area contributed by atoms with Crippen LogP contribution in [0.1, 0.15) is 18.9 Å². The van der Waals surface area contributed by atoms with Crippen LogP contribution in [0.5, 0.6) is 5.88 Å². The molecule has 0 unspecified atom stereocenters. The lowest BCUT2D eigenvalue weighted by Gasteiger charge is -2.00. The number of methoxy groups -OCH3 is 1. The quantitative estimate of drug-likeness (QED) is 0.631. The number of nitrogens with one attached hydrogen (secondary N) is 1. The van der Waals surface area contributed by atoms with Gasteiger partial charge in [-0.05, 0) is 6.07 Å². The number of halogens is 1. The number of nitrogens with zero attached hydrogens (tertiary/aromatic N) is 1. The molecule has 0 fully saturated rings. The van der Waals surface area contributed by atoms with Gasteiger partial charge in [0.2, 0.25) is 11.8 Å². The SMILES string of the molecule is COc1ncc(F)cc1C#CCCNC(C)=O. The van der Waals surface area contributed by atoms with Gasteiger partial charge in [0.25, 0.3) is 0 Å². The number of hydrogen-bond acceptors (Lipinski definition) is 3. The normalized spacial score (nSPS) is 9.12. The van der Waals surface area contributed by atoms with Crippen LogP contribution in [0.25, 0.3) is 0 Å². The largest absolute Gasteiger partial charge is 0.480 e. The Morgan fingerprint density at radius 2 is 2.41 bits per heavy atom. The summed E-state index contributed by atoms with van der Waals surface area (Å²) in [6.07, 6.45) is 1.56. The van der Waals surface area contributed by atoms with Gasteiger partial charge in [-0.1, -0.05) is 11.8 Å². The molecule has 0 aromatic carbocycles. The highest BCUT2D eigenvalue weighted by Gasteiger charge is 2.02. The van der Waals surface area contributed by atoms with E-state index in [1.165, 1.54) is 20.1 Å². The van der Waals surface area contributed by atoms with Crippen LogP contribution >= 0.6 is 0 Å². The first-order valence-electron chi connectivity index (χ1n) is 5.06. The molecule has 0 aliphatic carbocycles. The molecular formula is C12H13FN2O2. The number of pyridine rings is 1. The molecule has 0 atom stereocenters. The van der Waals surface area contributed by atoms with Crippen molar-refractivity contribution in [1.29, 1.82) is 0 Å². The Morgan fingerprint density at radius 3 is 3.06 bits per heavy atom. The van der Waals surface area contributed by atoms with Gasteiger partial charge in [0.05, 0.1) is 18.9 Å². The maximum Gasteiger partial charge on any atom is 0.229 e. The average molecular weight is 236 g/mol. The molecule has 0 aliphatic rings. The minimum atomic E-state index is -0.461. The number of aromatic nitrogens is 1. The van der Waals surface area contributed by atoms with Crippen molar-refractivity contribution < 1.29 is 13.9 Å². The van der Waals surface area contributed by atoms with Gasteiger partial charge in [-0.2, -0.15) is 0 Å². The highest BCUT2D eigenvalue weighted by molar-refractivity contribution is 5.72. The van der Waals surface area contributed by atoms with E-state index in [2.05, 4.69) is 22.1 Å². The highest BCUT2D eigenvalue weighted by Crippen LogP contribution is 2.13. The second-order valence-electron chi connectivity index (χ2n) is 3.25. The van der Waals surface area contributed by atoms with E-state index in [1.807, 2.05) is 0 Å². The average Bonchev–Trinajstić information content (AvgIpc) is 2.28. The summed E-state index contributed by atoms with van der Waals surface area (Å²) in [5, 5.41) is 2.61. The summed E-state index contributed by atoms with van der Waals surface area (Å²) >= 11 is 0. The van der Waals surface area contributed by atoms with Crippen molar-refractivity contribution in [3.05, 3.63) is 23.6 Å². The van der Waals surface area contributed by atoms with Crippen molar-refractivity contribution in [1.82, 2.24) is 10.3 Å². The van der Waals surface area contributed by atoms with Crippen molar-refractivity contribution in [2.24, 2.45) is 0 Å². The van der Waals surface area contributed by atoms with Crippen molar-refractivity contribution in [2.75, 3.05) is 13.7 Å². The summed E-state index contributed by atoms with van der Waals surface area (Å²) < 4.78 is 17.9. The third-order valence-electron chi connectivity index (χ3n) is 1.86. The minimum Gasteiger partial charge on any atom is -0.480 e. The number of ether oxygens (including phenoxy) is 1. The van der Waals surface area contributed by atoms with E-state index in [4.69, 9.17) is 4.74 Å². The Hall–Kier alpha value is -2.09. The van der Waals surface area contributed by atoms with E-state index >= 15 is 0 Å². The smallest absolute Gasteiger partial charge is 0.229 e. The molecule has 1 rings (SSSR count). The van der Waals surface area contributed by atoms with Gasteiger partial charge in [-0.3, -0.25) is 4.79 Å². The lowest BCUT2D eigenvalue weighted by Crippen LogP contribution is -2.20. The lowest BCUT2D eigenvalue weighted by molar-refractivity contribution is -0.118. The Kier molecular flexibility index (Phi) is 4.95. The summed E-state index contributed by atoms with van der Waals surface area (Å²) in [7, 11) is 1.45. The van der Waals surface area contributed by atoms with E-state index in [0.29, 0.717) is 24.4 Å². The molecule has 0 aliphatic heterocycles. The van der Waals surface area contributed by atoms with Crippen LogP contribution in [0.2, 0.25) is 0 Å². The Labute approximate surface area is 99.2 Å². The maximum absolute atomic E-state index is 12.9. The fraction of sp³-hybridized carbons (Fsp3) is 0.333. The van der Waals surface area contributed by atoms with Crippen molar-refractivity contribution in [3.8, 4) is 17.7 Å². The van der Waals surface area contributed by atoms with Crippen LogP contribution in [0, 0.1) is 17.7 Å². The summed E-state index contributed by atoms with van der Waals surface area (Å²) in [6, 6.07) is 1.26. The third-order valence-corrected chi connectivity index (χ3v) is 1.86. The zero-order valence-corrected chi connectivity index (χ0v) is 9.71. The second-order valence-corrected chi connectivity index (χ2v) is 3.25. The van der Waals surface area contributed by atoms with E-state index in [9.17, 15) is 9.18 Å². The van der Waals surface area contributed by atoms with Gasteiger partial charge in [0.1, 0.15) is 5.82 Å². The minimum absolute atomic E-state index is 0.100. The predicted molar refractivity (Wildman–Crippen MR) is 60.9 cm³/mol. The van der Waals surface area contributed by atoms with E-state index in [-0.39, 0.29) is 5.91 Å². The van der Waals surface area contributed by atoms with Crippen molar-refractivity contribution in [3.63, 3.8) is 0 Å². The molecule has 1 aromatic heterocycles. The van der Waals surface area contributed by atoms with Crippen LogP contribution in [0.3, 0.4) is 0 Å². The molecule has 0 saturated heterocycles. The zero-order chi connectivity index (χ0) is 12.7. The van der Waals surface area contributed by atoms with Crippen LogP contribution in [0.15, 0.2) is 12.3 Å². The standard InChI is InChI=1S/C12H13FN2O2/c1-9(16)14-6-4-3-5-10-7-11(13)8-15-12(10)17-2/h7-8H,4,6H2,1-2H3,(H,14,16). The topological polar surface area (TPSA) is 51.2 Å². The fourth-order valence-electron chi connectivity index (χ4n) is 1.14. The van der Waals surface area contributed by atoms with Gasteiger partial charge in [-0.15, -0.1) is 0 Å². The molecule has 5 heteroatoms. The molecule has 17 heavy (non-hydrogen) atoms. The van der Waals surface area contributed by atoms with Gasteiger partial charge in [-0.25, -0.2) is 9.37 Å². The zero-order valence-electron chi connectivity index (χ0n) is 9.71. The van der Waals surface area contributed by atoms with Crippen LogP contribution in [-0.4, -0.2) is 24.5 Å². The number of rotatable bonds is 3. The molecule has 0 bridgehead atoms. The highest BCUT2D eigenvalue weighted by atomic mass is 19.1. The molecule has 0 radical (unpaired) electrons. The van der Waals surface area contributed by atoms with Crippen molar-refractivity contribution in [2.45, 2.75) is 13.3 Å². The van der Waals surface area contributed by atoms with E-state index in [0.717, 1.165) is 6.20 Å². The molecule has 0 spiro atoms. The van der Waals surface area contributed by atoms with Gasteiger partial charge in [0, 0.05) is 19.9 Å². The Morgan fingerprint density at radius 1 is 1.65 bits per heavy atom. The lowest BCUT2D eigenvalue weighted by atomic mass is 10.2. The fourth-order valence-corrected chi connectivity index (χ4v) is 1.14.